The Bertz CT molecular complexity index is 970. The molecule has 1 aliphatic carbocycles. The Morgan fingerprint density at radius 3 is 2.62 bits per heavy atom. The van der Waals surface area contributed by atoms with Gasteiger partial charge in [0.15, 0.2) is 0 Å². The molecule has 0 radical (unpaired) electrons. The van der Waals surface area contributed by atoms with Crippen molar-refractivity contribution in [3.05, 3.63) is 41.3 Å². The van der Waals surface area contributed by atoms with Gasteiger partial charge < -0.3 is 9.64 Å². The number of pyridine rings is 2. The Morgan fingerprint density at radius 2 is 1.93 bits per heavy atom. The van der Waals surface area contributed by atoms with Gasteiger partial charge in [-0.25, -0.2) is 13.4 Å². The maximum Gasteiger partial charge on any atom is 0.263 e. The Hall–Kier alpha value is -2.19. The van der Waals surface area contributed by atoms with Crippen LogP contribution in [0, 0.1) is 0 Å². The first-order valence-corrected chi connectivity index (χ1v) is 11.7. The van der Waals surface area contributed by atoms with Crippen LogP contribution in [-0.4, -0.2) is 50.5 Å². The first-order valence-electron chi connectivity index (χ1n) is 10.2. The molecule has 1 aliphatic heterocycles. The molecule has 0 spiro atoms. The highest BCUT2D eigenvalue weighted by Gasteiger charge is 2.23. The molecule has 8 heteroatoms. The van der Waals surface area contributed by atoms with Crippen LogP contribution in [0.4, 0.5) is 5.69 Å². The Morgan fingerprint density at radius 1 is 1.17 bits per heavy atom. The Labute approximate surface area is 172 Å². The zero-order valence-corrected chi connectivity index (χ0v) is 17.8. The van der Waals surface area contributed by atoms with Crippen LogP contribution < -0.4 is 9.46 Å². The van der Waals surface area contributed by atoms with Crippen LogP contribution in [0.15, 0.2) is 29.3 Å². The molecule has 0 aromatic carbocycles. The summed E-state index contributed by atoms with van der Waals surface area (Å²) < 4.78 is 33.9. The van der Waals surface area contributed by atoms with Crippen LogP contribution in [0.25, 0.3) is 0 Å². The first-order chi connectivity index (χ1) is 14.0. The summed E-state index contributed by atoms with van der Waals surface area (Å²) in [5.41, 5.74) is 3.38. The number of anilines is 1. The van der Waals surface area contributed by atoms with Crippen molar-refractivity contribution in [2.75, 3.05) is 32.0 Å². The van der Waals surface area contributed by atoms with Gasteiger partial charge in [0.2, 0.25) is 5.88 Å². The molecule has 3 heterocycles. The molecule has 1 saturated carbocycles. The minimum absolute atomic E-state index is 0.149. The van der Waals surface area contributed by atoms with Gasteiger partial charge in [0.05, 0.1) is 7.11 Å². The largest absolute Gasteiger partial charge is 0.479 e. The van der Waals surface area contributed by atoms with E-state index in [4.69, 9.17) is 4.74 Å². The number of nitrogens with zero attached hydrogens (tertiary/aromatic N) is 3. The molecule has 0 saturated heterocycles. The summed E-state index contributed by atoms with van der Waals surface area (Å²) in [6.07, 6.45) is 7.80. The molecular formula is C21H28N4O3S. The number of fused-ring (bicyclic) bond motifs is 1. The summed E-state index contributed by atoms with van der Waals surface area (Å²) in [4.78, 5) is 11.4. The SMILES string of the molecule is COc1nc2c(cc1NS(=O)(=O)c1ccc(C3CCCC3)nc1)CCN(C)CC2. The molecule has 2 aliphatic rings. The standard InChI is InChI=1S/C21H28N4O3S/c1-25-11-9-16-13-20(21(28-2)23-19(16)10-12-25)24-29(26,27)17-7-8-18(22-14-17)15-5-3-4-6-15/h7-8,13-15,24H,3-6,9-12H2,1-2H3. The molecule has 4 rings (SSSR count). The van der Waals surface area contributed by atoms with Gasteiger partial charge in [-0.05, 0) is 50.1 Å². The zero-order valence-electron chi connectivity index (χ0n) is 17.0. The molecule has 1 fully saturated rings. The maximum absolute atomic E-state index is 12.9. The van der Waals surface area contributed by atoms with Crippen LogP contribution in [0.3, 0.4) is 0 Å². The van der Waals surface area contributed by atoms with Crippen molar-refractivity contribution >= 4 is 15.7 Å². The second-order valence-electron chi connectivity index (χ2n) is 7.96. The van der Waals surface area contributed by atoms with E-state index in [1.165, 1.54) is 26.1 Å². The summed E-state index contributed by atoms with van der Waals surface area (Å²) in [6, 6.07) is 5.34. The van der Waals surface area contributed by atoms with E-state index in [0.717, 1.165) is 55.7 Å². The van der Waals surface area contributed by atoms with Crippen molar-refractivity contribution in [1.29, 1.82) is 0 Å². The number of aromatic nitrogens is 2. The predicted octanol–water partition coefficient (Wildman–Crippen LogP) is 2.97. The molecular weight excluding hydrogens is 388 g/mol. The molecule has 0 amide bonds. The summed E-state index contributed by atoms with van der Waals surface area (Å²) >= 11 is 0. The van der Waals surface area contributed by atoms with E-state index in [9.17, 15) is 8.42 Å². The number of rotatable bonds is 5. The molecule has 2 aromatic rings. The van der Waals surface area contributed by atoms with Gasteiger partial charge in [-0.1, -0.05) is 12.8 Å². The van der Waals surface area contributed by atoms with Gasteiger partial charge in [-0.15, -0.1) is 0 Å². The Kier molecular flexibility index (Phi) is 5.74. The van der Waals surface area contributed by atoms with Crippen molar-refractivity contribution < 1.29 is 13.2 Å². The third kappa shape index (κ3) is 4.38. The molecule has 0 bridgehead atoms. The number of ether oxygens (including phenoxy) is 1. The second-order valence-corrected chi connectivity index (χ2v) is 9.64. The highest BCUT2D eigenvalue weighted by Crippen LogP contribution is 2.33. The van der Waals surface area contributed by atoms with Crippen LogP contribution >= 0.6 is 0 Å². The number of methoxy groups -OCH3 is 1. The minimum Gasteiger partial charge on any atom is -0.479 e. The molecule has 0 unspecified atom stereocenters. The zero-order chi connectivity index (χ0) is 20.4. The van der Waals surface area contributed by atoms with Crippen LogP contribution in [0.1, 0.15) is 48.6 Å². The number of nitrogens with one attached hydrogen (secondary N) is 1. The molecule has 0 atom stereocenters. The van der Waals surface area contributed by atoms with E-state index in [0.29, 0.717) is 17.5 Å². The van der Waals surface area contributed by atoms with Crippen molar-refractivity contribution in [2.24, 2.45) is 0 Å². The monoisotopic (exact) mass is 416 g/mol. The molecule has 156 valence electrons. The quantitative estimate of drug-likeness (QED) is 0.807. The van der Waals surface area contributed by atoms with E-state index in [1.54, 1.807) is 6.07 Å². The van der Waals surface area contributed by atoms with Crippen molar-refractivity contribution in [1.82, 2.24) is 14.9 Å². The van der Waals surface area contributed by atoms with Crippen LogP contribution in [0.5, 0.6) is 5.88 Å². The van der Waals surface area contributed by atoms with E-state index < -0.39 is 10.0 Å². The molecule has 1 N–H and O–H groups in total. The third-order valence-electron chi connectivity index (χ3n) is 5.93. The fourth-order valence-electron chi connectivity index (χ4n) is 4.17. The summed E-state index contributed by atoms with van der Waals surface area (Å²) in [7, 11) is -0.190. The average Bonchev–Trinajstić information content (AvgIpc) is 3.20. The van der Waals surface area contributed by atoms with Crippen LogP contribution in [0.2, 0.25) is 0 Å². The lowest BCUT2D eigenvalue weighted by Crippen LogP contribution is -2.20. The van der Waals surface area contributed by atoms with E-state index >= 15 is 0 Å². The first kappa shape index (κ1) is 20.1. The normalized spacial score (nSPS) is 18.3. The van der Waals surface area contributed by atoms with Gasteiger partial charge in [-0.2, -0.15) is 0 Å². The predicted molar refractivity (Wildman–Crippen MR) is 112 cm³/mol. The van der Waals surface area contributed by atoms with Gasteiger partial charge in [0.25, 0.3) is 10.0 Å². The minimum atomic E-state index is -3.78. The van der Waals surface area contributed by atoms with Gasteiger partial charge >= 0.3 is 0 Å². The summed E-state index contributed by atoms with van der Waals surface area (Å²) in [6.45, 7) is 1.84. The summed E-state index contributed by atoms with van der Waals surface area (Å²) in [5.74, 6) is 0.749. The maximum atomic E-state index is 12.9. The lowest BCUT2D eigenvalue weighted by atomic mass is 10.0. The van der Waals surface area contributed by atoms with Crippen molar-refractivity contribution in [3.8, 4) is 5.88 Å². The lowest BCUT2D eigenvalue weighted by Gasteiger charge is -2.15. The second kappa shape index (κ2) is 8.28. The van der Waals surface area contributed by atoms with Crippen molar-refractivity contribution in [3.63, 3.8) is 0 Å². The van der Waals surface area contributed by atoms with Gasteiger partial charge in [0.1, 0.15) is 10.6 Å². The lowest BCUT2D eigenvalue weighted by molar-refractivity contribution is 0.351. The van der Waals surface area contributed by atoms with Crippen molar-refractivity contribution in [2.45, 2.75) is 49.3 Å². The van der Waals surface area contributed by atoms with E-state index in [2.05, 4.69) is 26.6 Å². The fourth-order valence-corrected chi connectivity index (χ4v) is 5.17. The third-order valence-corrected chi connectivity index (χ3v) is 7.28. The van der Waals surface area contributed by atoms with Crippen LogP contribution in [-0.2, 0) is 22.9 Å². The molecule has 29 heavy (non-hydrogen) atoms. The summed E-state index contributed by atoms with van der Waals surface area (Å²) in [5, 5.41) is 0. The fraction of sp³-hybridized carbons (Fsp3) is 0.524. The number of sulfonamides is 1. The smallest absolute Gasteiger partial charge is 0.263 e. The van der Waals surface area contributed by atoms with Gasteiger partial charge in [0, 0.05) is 43.0 Å². The van der Waals surface area contributed by atoms with Gasteiger partial charge in [-0.3, -0.25) is 9.71 Å². The molecule has 2 aromatic heterocycles. The van der Waals surface area contributed by atoms with E-state index in [-0.39, 0.29) is 4.90 Å². The van der Waals surface area contributed by atoms with E-state index in [1.807, 2.05) is 12.1 Å². The number of hydrogen-bond acceptors (Lipinski definition) is 6. The number of hydrogen-bond donors (Lipinski definition) is 1. The molecule has 7 nitrogen and oxygen atoms in total. The highest BCUT2D eigenvalue weighted by atomic mass is 32.2. The Balaban J connectivity index is 1.59. The highest BCUT2D eigenvalue weighted by molar-refractivity contribution is 7.92. The average molecular weight is 417 g/mol. The topological polar surface area (TPSA) is 84.4 Å². The number of likely N-dealkylation sites (N-methyl/N-ethyl adjacent to an activating group) is 1.